The maximum Gasteiger partial charge on any atom is 0.248 e. The van der Waals surface area contributed by atoms with Crippen LogP contribution in [0.5, 0.6) is 17.2 Å². The summed E-state index contributed by atoms with van der Waals surface area (Å²) < 4.78 is 11.1. The van der Waals surface area contributed by atoms with Gasteiger partial charge in [0.1, 0.15) is 5.75 Å². The molecule has 0 radical (unpaired) electrons. The average Bonchev–Trinajstić information content (AvgIpc) is 2.68. The molecule has 136 valence electrons. The van der Waals surface area contributed by atoms with Crippen molar-refractivity contribution in [2.75, 3.05) is 12.4 Å². The molecule has 1 N–H and O–H groups in total. The van der Waals surface area contributed by atoms with Crippen LogP contribution in [0.2, 0.25) is 0 Å². The zero-order valence-electron chi connectivity index (χ0n) is 15.2. The Bertz CT molecular complexity index is 950. The topological polar surface area (TPSA) is 60.5 Å². The molecule has 5 heteroatoms. The number of para-hydroxylation sites is 2. The van der Waals surface area contributed by atoms with Crippen molar-refractivity contribution < 1.29 is 14.3 Å². The van der Waals surface area contributed by atoms with Gasteiger partial charge >= 0.3 is 0 Å². The number of amides is 1. The second-order valence-electron chi connectivity index (χ2n) is 5.90. The molecule has 27 heavy (non-hydrogen) atoms. The van der Waals surface area contributed by atoms with Crippen LogP contribution < -0.4 is 14.8 Å². The fourth-order valence-corrected chi connectivity index (χ4v) is 2.46. The Kier molecular flexibility index (Phi) is 5.84. The fraction of sp³-hybridized carbons (Fsp3) is 0.0909. The molecule has 1 aromatic heterocycles. The van der Waals surface area contributed by atoms with Crippen LogP contribution in [-0.2, 0) is 4.79 Å². The number of aryl methyl sites for hydroxylation is 1. The molecule has 2 aromatic carbocycles. The van der Waals surface area contributed by atoms with Crippen molar-refractivity contribution in [3.63, 3.8) is 0 Å². The minimum atomic E-state index is -0.213. The van der Waals surface area contributed by atoms with Gasteiger partial charge in [-0.25, -0.2) is 0 Å². The van der Waals surface area contributed by atoms with Crippen LogP contribution in [0.25, 0.3) is 6.08 Å². The SMILES string of the molecule is COc1ccccc1Oc1ccc(NC(=O)/C=C/c2cncc(C)c2)cc1. The summed E-state index contributed by atoms with van der Waals surface area (Å²) in [5.41, 5.74) is 2.60. The predicted molar refractivity (Wildman–Crippen MR) is 106 cm³/mol. The van der Waals surface area contributed by atoms with E-state index in [9.17, 15) is 4.79 Å². The molecule has 0 unspecified atom stereocenters. The van der Waals surface area contributed by atoms with Crippen molar-refractivity contribution in [1.29, 1.82) is 0 Å². The molecule has 5 nitrogen and oxygen atoms in total. The minimum Gasteiger partial charge on any atom is -0.493 e. The number of nitrogens with one attached hydrogen (secondary N) is 1. The van der Waals surface area contributed by atoms with Crippen molar-refractivity contribution in [3.05, 3.63) is 84.2 Å². The minimum absolute atomic E-state index is 0.213. The third-order valence-corrected chi connectivity index (χ3v) is 3.74. The summed E-state index contributed by atoms with van der Waals surface area (Å²) in [5, 5.41) is 2.81. The Morgan fingerprint density at radius 3 is 2.48 bits per heavy atom. The predicted octanol–water partition coefficient (Wildman–Crippen LogP) is 4.84. The maximum absolute atomic E-state index is 12.1. The van der Waals surface area contributed by atoms with Crippen molar-refractivity contribution >= 4 is 17.7 Å². The van der Waals surface area contributed by atoms with Crippen molar-refractivity contribution in [3.8, 4) is 17.2 Å². The molecule has 0 atom stereocenters. The summed E-state index contributed by atoms with van der Waals surface area (Å²) in [6.07, 6.45) is 6.69. The number of anilines is 1. The highest BCUT2D eigenvalue weighted by Crippen LogP contribution is 2.31. The Hall–Kier alpha value is -3.60. The molecule has 0 fully saturated rings. The van der Waals surface area contributed by atoms with Gasteiger partial charge < -0.3 is 14.8 Å². The van der Waals surface area contributed by atoms with Crippen LogP contribution in [-0.4, -0.2) is 18.0 Å². The van der Waals surface area contributed by atoms with Crippen LogP contribution in [0.1, 0.15) is 11.1 Å². The van der Waals surface area contributed by atoms with E-state index in [1.807, 2.05) is 37.3 Å². The van der Waals surface area contributed by atoms with Gasteiger partial charge in [0.05, 0.1) is 7.11 Å². The molecule has 0 saturated heterocycles. The first-order valence-corrected chi connectivity index (χ1v) is 8.46. The lowest BCUT2D eigenvalue weighted by atomic mass is 10.2. The van der Waals surface area contributed by atoms with Crippen molar-refractivity contribution in [1.82, 2.24) is 4.98 Å². The van der Waals surface area contributed by atoms with Gasteiger partial charge in [0.15, 0.2) is 11.5 Å². The van der Waals surface area contributed by atoms with E-state index >= 15 is 0 Å². The van der Waals surface area contributed by atoms with Crippen molar-refractivity contribution in [2.24, 2.45) is 0 Å². The maximum atomic E-state index is 12.1. The molecule has 3 rings (SSSR count). The number of hydrogen-bond donors (Lipinski definition) is 1. The Balaban J connectivity index is 1.61. The van der Waals surface area contributed by atoms with E-state index in [4.69, 9.17) is 9.47 Å². The molecule has 0 spiro atoms. The standard InChI is InChI=1S/C22H20N2O3/c1-16-13-17(15-23-14-16)7-12-22(25)24-18-8-10-19(11-9-18)27-21-6-4-3-5-20(21)26-2/h3-15H,1-2H3,(H,24,25)/b12-7+. The van der Waals surface area contributed by atoms with Gasteiger partial charge in [-0.3, -0.25) is 9.78 Å². The molecular weight excluding hydrogens is 340 g/mol. The quantitative estimate of drug-likeness (QED) is 0.639. The number of benzene rings is 2. The van der Waals surface area contributed by atoms with Gasteiger partial charge in [-0.15, -0.1) is 0 Å². The summed E-state index contributed by atoms with van der Waals surface area (Å²) in [6.45, 7) is 1.96. The number of rotatable bonds is 6. The first-order valence-electron chi connectivity index (χ1n) is 8.46. The van der Waals surface area contributed by atoms with Crippen LogP contribution in [0, 0.1) is 6.92 Å². The first-order chi connectivity index (χ1) is 13.1. The zero-order valence-corrected chi connectivity index (χ0v) is 15.2. The van der Waals surface area contributed by atoms with Gasteiger partial charge in [-0.2, -0.15) is 0 Å². The number of hydrogen-bond acceptors (Lipinski definition) is 4. The molecule has 0 aliphatic heterocycles. The number of pyridine rings is 1. The summed E-state index contributed by atoms with van der Waals surface area (Å²) in [4.78, 5) is 16.2. The molecular formula is C22H20N2O3. The van der Waals surface area contributed by atoms with Crippen LogP contribution in [0.3, 0.4) is 0 Å². The number of carbonyl (C=O) groups excluding carboxylic acids is 1. The second kappa shape index (κ2) is 8.67. The molecule has 0 aliphatic carbocycles. The summed E-state index contributed by atoms with van der Waals surface area (Å²) >= 11 is 0. The normalized spacial score (nSPS) is 10.6. The number of carbonyl (C=O) groups is 1. The third kappa shape index (κ3) is 5.19. The van der Waals surface area contributed by atoms with E-state index in [-0.39, 0.29) is 5.91 Å². The summed E-state index contributed by atoms with van der Waals surface area (Å²) in [6, 6.07) is 16.5. The van der Waals surface area contributed by atoms with E-state index in [2.05, 4.69) is 10.3 Å². The highest BCUT2D eigenvalue weighted by atomic mass is 16.5. The molecule has 1 heterocycles. The highest BCUT2D eigenvalue weighted by Gasteiger charge is 2.05. The molecule has 3 aromatic rings. The molecule has 1 amide bonds. The largest absolute Gasteiger partial charge is 0.493 e. The summed E-state index contributed by atoms with van der Waals surface area (Å²) in [7, 11) is 1.60. The van der Waals surface area contributed by atoms with E-state index in [1.54, 1.807) is 49.8 Å². The third-order valence-electron chi connectivity index (χ3n) is 3.74. The van der Waals surface area contributed by atoms with E-state index in [0.717, 1.165) is 11.1 Å². The number of ether oxygens (including phenoxy) is 2. The Morgan fingerprint density at radius 2 is 1.78 bits per heavy atom. The molecule has 0 bridgehead atoms. The van der Waals surface area contributed by atoms with Gasteiger partial charge in [-0.1, -0.05) is 12.1 Å². The Labute approximate surface area is 158 Å². The lowest BCUT2D eigenvalue weighted by Crippen LogP contribution is -2.07. The number of methoxy groups -OCH3 is 1. The zero-order chi connectivity index (χ0) is 19.1. The first kappa shape index (κ1) is 18.2. The van der Waals surface area contributed by atoms with Crippen LogP contribution in [0.15, 0.2) is 73.1 Å². The van der Waals surface area contributed by atoms with Crippen LogP contribution >= 0.6 is 0 Å². The lowest BCUT2D eigenvalue weighted by molar-refractivity contribution is -0.111. The second-order valence-corrected chi connectivity index (χ2v) is 5.90. The van der Waals surface area contributed by atoms with Gasteiger partial charge in [-0.05, 0) is 66.6 Å². The smallest absolute Gasteiger partial charge is 0.248 e. The Morgan fingerprint density at radius 1 is 1.04 bits per heavy atom. The van der Waals surface area contributed by atoms with E-state index in [0.29, 0.717) is 22.9 Å². The van der Waals surface area contributed by atoms with Gasteiger partial charge in [0, 0.05) is 24.2 Å². The molecule has 0 saturated carbocycles. The van der Waals surface area contributed by atoms with Crippen molar-refractivity contribution in [2.45, 2.75) is 6.92 Å². The number of aromatic nitrogens is 1. The highest BCUT2D eigenvalue weighted by molar-refractivity contribution is 6.01. The van der Waals surface area contributed by atoms with E-state index < -0.39 is 0 Å². The summed E-state index contributed by atoms with van der Waals surface area (Å²) in [5.74, 6) is 1.73. The average molecular weight is 360 g/mol. The van der Waals surface area contributed by atoms with Gasteiger partial charge in [0.2, 0.25) is 5.91 Å². The van der Waals surface area contributed by atoms with Gasteiger partial charge in [0.25, 0.3) is 0 Å². The lowest BCUT2D eigenvalue weighted by Gasteiger charge is -2.10. The van der Waals surface area contributed by atoms with Crippen LogP contribution in [0.4, 0.5) is 5.69 Å². The monoisotopic (exact) mass is 360 g/mol. The fourth-order valence-electron chi connectivity index (χ4n) is 2.46. The number of nitrogens with zero attached hydrogens (tertiary/aromatic N) is 1. The van der Waals surface area contributed by atoms with E-state index in [1.165, 1.54) is 6.08 Å². The molecule has 0 aliphatic rings.